The number of alkyl halides is 2. The molecule has 1 aliphatic carbocycles. The lowest BCUT2D eigenvalue weighted by Crippen LogP contribution is -2.47. The Morgan fingerprint density at radius 3 is 2.46 bits per heavy atom. The summed E-state index contributed by atoms with van der Waals surface area (Å²) >= 11 is 15.2. The molecule has 6 nitrogen and oxygen atoms in total. The number of aromatic nitrogens is 1. The first-order valence-corrected chi connectivity index (χ1v) is 14.8. The first-order valence-electron chi connectivity index (χ1n) is 13.2. The number of amides is 1. The van der Waals surface area contributed by atoms with Crippen LogP contribution in [0.5, 0.6) is 0 Å². The van der Waals surface area contributed by atoms with Crippen LogP contribution in [0.3, 0.4) is 0 Å². The molecular weight excluding hydrogens is 531 g/mol. The van der Waals surface area contributed by atoms with Crippen LogP contribution in [-0.4, -0.2) is 49.5 Å². The number of ketones is 1. The van der Waals surface area contributed by atoms with Crippen LogP contribution in [0.4, 0.5) is 0 Å². The highest BCUT2D eigenvalue weighted by molar-refractivity contribution is 7.09. The van der Waals surface area contributed by atoms with E-state index in [1.54, 1.807) is 32.1 Å². The molecule has 0 aromatic carbocycles. The summed E-state index contributed by atoms with van der Waals surface area (Å²) in [6, 6.07) is -0.350. The first-order chi connectivity index (χ1) is 17.0. The van der Waals surface area contributed by atoms with E-state index < -0.39 is 27.9 Å². The average molecular weight is 574 g/mol. The molecule has 9 heteroatoms. The van der Waals surface area contributed by atoms with Crippen LogP contribution in [0.25, 0.3) is 6.08 Å². The van der Waals surface area contributed by atoms with Crippen LogP contribution in [0.1, 0.15) is 84.3 Å². The van der Waals surface area contributed by atoms with Gasteiger partial charge < -0.3 is 15.5 Å². The molecule has 0 radical (unpaired) electrons. The number of carbonyl (C=O) groups excluding carboxylic acids is 2. The van der Waals surface area contributed by atoms with Gasteiger partial charge in [0.1, 0.15) is 10.1 Å². The fraction of sp³-hybridized carbons (Fsp3) is 0.750. The molecule has 1 amide bonds. The largest absolute Gasteiger partial charge is 0.392 e. The van der Waals surface area contributed by atoms with E-state index in [9.17, 15) is 19.8 Å². The Morgan fingerprint density at radius 1 is 1.22 bits per heavy atom. The zero-order valence-electron chi connectivity index (χ0n) is 23.0. The summed E-state index contributed by atoms with van der Waals surface area (Å²) in [6.07, 6.45) is 2.57. The van der Waals surface area contributed by atoms with Gasteiger partial charge in [-0.05, 0) is 50.7 Å². The zero-order valence-corrected chi connectivity index (χ0v) is 25.3. The monoisotopic (exact) mass is 572 g/mol. The van der Waals surface area contributed by atoms with Crippen LogP contribution in [0.15, 0.2) is 11.0 Å². The Morgan fingerprint density at radius 2 is 1.86 bits per heavy atom. The second-order valence-electron chi connectivity index (χ2n) is 12.1. The van der Waals surface area contributed by atoms with Gasteiger partial charge in [-0.3, -0.25) is 9.59 Å². The maximum Gasteiger partial charge on any atom is 0.223 e. The van der Waals surface area contributed by atoms with Gasteiger partial charge in [-0.2, -0.15) is 0 Å². The topological polar surface area (TPSA) is 99.5 Å². The van der Waals surface area contributed by atoms with Crippen molar-refractivity contribution in [3.63, 3.8) is 0 Å². The van der Waals surface area contributed by atoms with Crippen molar-refractivity contribution in [3.8, 4) is 0 Å². The molecule has 208 valence electrons. The minimum atomic E-state index is -1.20. The number of nitrogens with one attached hydrogen (secondary N) is 1. The van der Waals surface area contributed by atoms with E-state index in [0.29, 0.717) is 6.42 Å². The van der Waals surface area contributed by atoms with Crippen molar-refractivity contribution < 1.29 is 19.8 Å². The van der Waals surface area contributed by atoms with Crippen LogP contribution in [0.2, 0.25) is 0 Å². The zero-order chi connectivity index (χ0) is 27.9. The number of rotatable bonds is 2. The third-order valence-electron chi connectivity index (χ3n) is 8.96. The Hall–Kier alpha value is -0.990. The summed E-state index contributed by atoms with van der Waals surface area (Å²) in [5.41, 5.74) is 0.231. The molecule has 7 atom stereocenters. The van der Waals surface area contributed by atoms with Crippen molar-refractivity contribution in [1.29, 1.82) is 0 Å². The van der Waals surface area contributed by atoms with Crippen molar-refractivity contribution >= 4 is 52.3 Å². The van der Waals surface area contributed by atoms with Crippen LogP contribution in [-0.2, 0) is 9.59 Å². The van der Waals surface area contributed by atoms with Crippen molar-refractivity contribution in [2.75, 3.05) is 0 Å². The molecular formula is C28H42Cl2N2O4S. The molecule has 6 unspecified atom stereocenters. The average Bonchev–Trinajstić information content (AvgIpc) is 3.06. The maximum atomic E-state index is 13.3. The number of Topliss-reactive ketones (excluding diaryl/α,β-unsaturated/α-hetero) is 1. The minimum absolute atomic E-state index is 0.0378. The predicted octanol–water partition coefficient (Wildman–Crippen LogP) is 5.70. The molecule has 1 aliphatic heterocycles. The standard InChI is InChI=1S/C28H42Cl2N2O4S/c1-15-9-8-10-27(7)21(28(27,29)30)12-20(16(2)11-19-14-37-18(4)31-19)32-23(34)13-22(33)26(5,6)25(36)17(3)24(15)35/h11,14-15,17,20-22,24,33,35H,8-10,12-13H2,1-7H3,(H,32,34)/b16-11+/t15?,17?,20?,21-,22?,24?,27?/m0/s1. The molecule has 2 aliphatic rings. The molecule has 0 spiro atoms. The van der Waals surface area contributed by atoms with Gasteiger partial charge in [-0.15, -0.1) is 34.5 Å². The lowest BCUT2D eigenvalue weighted by Gasteiger charge is -2.34. The molecule has 1 aromatic rings. The van der Waals surface area contributed by atoms with E-state index in [2.05, 4.69) is 17.2 Å². The second kappa shape index (κ2) is 11.2. The Balaban J connectivity index is 1.93. The summed E-state index contributed by atoms with van der Waals surface area (Å²) in [7, 11) is 0. The van der Waals surface area contributed by atoms with Crippen LogP contribution < -0.4 is 5.32 Å². The van der Waals surface area contributed by atoms with Gasteiger partial charge in [0.2, 0.25) is 5.91 Å². The van der Waals surface area contributed by atoms with Gasteiger partial charge in [-0.25, -0.2) is 4.98 Å². The van der Waals surface area contributed by atoms with E-state index in [4.69, 9.17) is 23.2 Å². The molecule has 3 rings (SSSR count). The first kappa shape index (κ1) is 30.6. The molecule has 1 aromatic heterocycles. The number of carbonyl (C=O) groups is 2. The third-order valence-corrected chi connectivity index (χ3v) is 11.1. The van der Waals surface area contributed by atoms with E-state index in [1.807, 2.05) is 32.2 Å². The highest BCUT2D eigenvalue weighted by Crippen LogP contribution is 2.72. The number of halogens is 2. The summed E-state index contributed by atoms with van der Waals surface area (Å²) in [4.78, 5) is 31.0. The summed E-state index contributed by atoms with van der Waals surface area (Å²) in [6.45, 7) is 12.9. The third kappa shape index (κ3) is 6.27. The molecule has 0 bridgehead atoms. The predicted molar refractivity (Wildman–Crippen MR) is 151 cm³/mol. The number of fused-ring (bicyclic) bond motifs is 1. The van der Waals surface area contributed by atoms with Crippen molar-refractivity contribution in [2.24, 2.45) is 28.6 Å². The molecule has 37 heavy (non-hydrogen) atoms. The number of hydrogen-bond donors (Lipinski definition) is 3. The van der Waals surface area contributed by atoms with Gasteiger partial charge in [0.15, 0.2) is 0 Å². The summed E-state index contributed by atoms with van der Waals surface area (Å²) in [5.74, 6) is -1.42. The number of aliphatic hydroxyl groups is 2. The molecule has 2 heterocycles. The molecule has 1 saturated carbocycles. The Labute approximate surface area is 235 Å². The lowest BCUT2D eigenvalue weighted by molar-refractivity contribution is -0.143. The fourth-order valence-electron chi connectivity index (χ4n) is 5.84. The number of aliphatic hydroxyl groups excluding tert-OH is 2. The van der Waals surface area contributed by atoms with Crippen molar-refractivity contribution in [2.45, 2.75) is 103 Å². The highest BCUT2D eigenvalue weighted by atomic mass is 35.5. The van der Waals surface area contributed by atoms with Gasteiger partial charge in [0.05, 0.1) is 40.8 Å². The van der Waals surface area contributed by atoms with E-state index in [-0.39, 0.29) is 41.4 Å². The summed E-state index contributed by atoms with van der Waals surface area (Å²) in [5, 5.41) is 27.9. The molecule has 3 N–H and O–H groups in total. The lowest BCUT2D eigenvalue weighted by atomic mass is 9.72. The van der Waals surface area contributed by atoms with Gasteiger partial charge in [-0.1, -0.05) is 41.0 Å². The molecule has 2 fully saturated rings. The fourth-order valence-corrected chi connectivity index (χ4v) is 7.42. The highest BCUT2D eigenvalue weighted by Gasteiger charge is 2.72. The smallest absolute Gasteiger partial charge is 0.223 e. The van der Waals surface area contributed by atoms with Crippen molar-refractivity contribution in [3.05, 3.63) is 21.7 Å². The Kier molecular flexibility index (Phi) is 9.28. The van der Waals surface area contributed by atoms with Gasteiger partial charge in [0.25, 0.3) is 0 Å². The normalized spacial score (nSPS) is 37.5. The molecule has 1 saturated heterocycles. The van der Waals surface area contributed by atoms with E-state index in [0.717, 1.165) is 35.5 Å². The van der Waals surface area contributed by atoms with Gasteiger partial charge in [0, 0.05) is 22.6 Å². The number of hydrogen-bond acceptors (Lipinski definition) is 6. The van der Waals surface area contributed by atoms with Crippen LogP contribution >= 0.6 is 34.5 Å². The van der Waals surface area contributed by atoms with E-state index in [1.165, 1.54) is 0 Å². The number of nitrogens with zero attached hydrogens (tertiary/aromatic N) is 1. The summed E-state index contributed by atoms with van der Waals surface area (Å²) < 4.78 is -0.923. The van der Waals surface area contributed by atoms with Gasteiger partial charge >= 0.3 is 0 Å². The second-order valence-corrected chi connectivity index (χ2v) is 14.5. The number of thiazole rings is 1. The van der Waals surface area contributed by atoms with Crippen LogP contribution in [0, 0.1) is 35.5 Å². The SMILES string of the molecule is C/C(=C\c1csc(C)n1)C1C[C@@H]2C(Cl)(Cl)C2(C)CCCC(C)C(O)C(C)C(=O)C(C)(C)C(O)CC(=O)N1. The Bertz CT molecular complexity index is 1040. The quantitative estimate of drug-likeness (QED) is 0.394. The maximum absolute atomic E-state index is 13.3. The van der Waals surface area contributed by atoms with Crippen molar-refractivity contribution in [1.82, 2.24) is 10.3 Å². The van der Waals surface area contributed by atoms with E-state index >= 15 is 0 Å². The number of aryl methyl sites for hydroxylation is 1. The minimum Gasteiger partial charge on any atom is -0.392 e.